The minimum atomic E-state index is 0.0152. The summed E-state index contributed by atoms with van der Waals surface area (Å²) in [7, 11) is 0. The van der Waals surface area contributed by atoms with E-state index >= 15 is 0 Å². The van der Waals surface area contributed by atoms with Gasteiger partial charge >= 0.3 is 0 Å². The van der Waals surface area contributed by atoms with Crippen molar-refractivity contribution in [3.05, 3.63) is 22.4 Å². The molecule has 0 aliphatic carbocycles. The van der Waals surface area contributed by atoms with Gasteiger partial charge in [0.05, 0.1) is 10.7 Å². The van der Waals surface area contributed by atoms with Crippen LogP contribution in [0.15, 0.2) is 12.3 Å². The van der Waals surface area contributed by atoms with Crippen LogP contribution in [-0.4, -0.2) is 24.0 Å². The number of carbonyl (C=O) groups excluding carboxylic acids is 1. The quantitative estimate of drug-likeness (QED) is 0.823. The molecule has 1 amide bonds. The molecule has 1 aromatic heterocycles. The van der Waals surface area contributed by atoms with Gasteiger partial charge < -0.3 is 10.6 Å². The van der Waals surface area contributed by atoms with Gasteiger partial charge in [-0.25, -0.2) is 4.98 Å². The molecule has 1 aromatic rings. The van der Waals surface area contributed by atoms with Crippen molar-refractivity contribution >= 4 is 34.8 Å². The van der Waals surface area contributed by atoms with Crippen LogP contribution in [0.1, 0.15) is 6.42 Å². The van der Waals surface area contributed by atoms with Crippen molar-refractivity contribution in [2.24, 2.45) is 11.7 Å². The Morgan fingerprint density at radius 2 is 2.31 bits per heavy atom. The van der Waals surface area contributed by atoms with Crippen LogP contribution in [0.3, 0.4) is 0 Å². The molecule has 0 aromatic carbocycles. The standard InChI is InChI=1S/C10H11Cl2N3O/c11-7-2-8(10(12)14-4-7)15-5-6(3-13)1-9(15)16/h2,4,6H,1,3,5,13H2. The molecule has 0 saturated carbocycles. The van der Waals surface area contributed by atoms with E-state index in [2.05, 4.69) is 4.98 Å². The van der Waals surface area contributed by atoms with E-state index in [0.717, 1.165) is 0 Å². The van der Waals surface area contributed by atoms with E-state index in [-0.39, 0.29) is 17.0 Å². The van der Waals surface area contributed by atoms with Crippen molar-refractivity contribution in [1.29, 1.82) is 0 Å². The summed E-state index contributed by atoms with van der Waals surface area (Å²) in [6.45, 7) is 1.07. The van der Waals surface area contributed by atoms with Gasteiger partial charge in [0.25, 0.3) is 0 Å². The van der Waals surface area contributed by atoms with E-state index in [1.54, 1.807) is 11.0 Å². The monoisotopic (exact) mass is 259 g/mol. The van der Waals surface area contributed by atoms with E-state index in [9.17, 15) is 4.79 Å². The molecule has 16 heavy (non-hydrogen) atoms. The summed E-state index contributed by atoms with van der Waals surface area (Å²) >= 11 is 11.8. The second-order valence-electron chi connectivity index (χ2n) is 3.77. The Hall–Kier alpha value is -0.840. The summed E-state index contributed by atoms with van der Waals surface area (Å²) in [5.74, 6) is 0.198. The SMILES string of the molecule is NCC1CC(=O)N(c2cc(Cl)cnc2Cl)C1. The van der Waals surface area contributed by atoms with Gasteiger partial charge in [0, 0.05) is 19.2 Å². The molecule has 1 fully saturated rings. The highest BCUT2D eigenvalue weighted by Crippen LogP contribution is 2.31. The molecule has 2 N–H and O–H groups in total. The Balaban J connectivity index is 2.30. The molecule has 1 saturated heterocycles. The first-order chi connectivity index (χ1) is 7.61. The maximum atomic E-state index is 11.7. The molecular weight excluding hydrogens is 249 g/mol. The lowest BCUT2D eigenvalue weighted by atomic mass is 10.1. The molecule has 1 atom stereocenters. The molecule has 0 spiro atoms. The normalized spacial score (nSPS) is 20.6. The average Bonchev–Trinajstić information content (AvgIpc) is 2.63. The smallest absolute Gasteiger partial charge is 0.227 e. The highest BCUT2D eigenvalue weighted by molar-refractivity contribution is 6.34. The minimum Gasteiger partial charge on any atom is -0.330 e. The van der Waals surface area contributed by atoms with E-state index in [4.69, 9.17) is 28.9 Å². The van der Waals surface area contributed by atoms with Crippen LogP contribution in [-0.2, 0) is 4.79 Å². The number of anilines is 1. The van der Waals surface area contributed by atoms with E-state index < -0.39 is 0 Å². The maximum Gasteiger partial charge on any atom is 0.227 e. The Morgan fingerprint density at radius 3 is 2.94 bits per heavy atom. The number of amides is 1. The van der Waals surface area contributed by atoms with Crippen LogP contribution < -0.4 is 10.6 Å². The van der Waals surface area contributed by atoms with Crippen LogP contribution in [0.4, 0.5) is 5.69 Å². The lowest BCUT2D eigenvalue weighted by Crippen LogP contribution is -2.26. The Morgan fingerprint density at radius 1 is 1.56 bits per heavy atom. The predicted octanol–water partition coefficient (Wildman–Crippen LogP) is 1.70. The van der Waals surface area contributed by atoms with Crippen molar-refractivity contribution in [2.75, 3.05) is 18.0 Å². The van der Waals surface area contributed by atoms with Gasteiger partial charge in [-0.2, -0.15) is 0 Å². The molecule has 86 valence electrons. The number of nitrogens with zero attached hydrogens (tertiary/aromatic N) is 2. The molecular formula is C10H11Cl2N3O. The Kier molecular flexibility index (Phi) is 3.33. The lowest BCUT2D eigenvalue weighted by Gasteiger charge is -2.17. The van der Waals surface area contributed by atoms with E-state index in [0.29, 0.717) is 30.2 Å². The number of hydrogen-bond acceptors (Lipinski definition) is 3. The molecule has 0 bridgehead atoms. The zero-order valence-electron chi connectivity index (χ0n) is 8.49. The van der Waals surface area contributed by atoms with Crippen LogP contribution in [0.25, 0.3) is 0 Å². The number of rotatable bonds is 2. The summed E-state index contributed by atoms with van der Waals surface area (Å²) in [6.07, 6.45) is 1.91. The Bertz CT molecular complexity index is 425. The van der Waals surface area contributed by atoms with Gasteiger partial charge in [-0.15, -0.1) is 0 Å². The largest absolute Gasteiger partial charge is 0.330 e. The second kappa shape index (κ2) is 4.57. The van der Waals surface area contributed by atoms with Crippen LogP contribution in [0, 0.1) is 5.92 Å². The zero-order chi connectivity index (χ0) is 11.7. The van der Waals surface area contributed by atoms with Gasteiger partial charge in [-0.1, -0.05) is 23.2 Å². The number of aromatic nitrogens is 1. The summed E-state index contributed by atoms with van der Waals surface area (Å²) in [5.41, 5.74) is 6.12. The third-order valence-corrected chi connectivity index (χ3v) is 3.11. The summed E-state index contributed by atoms with van der Waals surface area (Å²) in [5, 5.41) is 0.749. The van der Waals surface area contributed by atoms with Crippen LogP contribution in [0.5, 0.6) is 0 Å². The van der Waals surface area contributed by atoms with Crippen molar-refractivity contribution in [3.8, 4) is 0 Å². The van der Waals surface area contributed by atoms with E-state index in [1.807, 2.05) is 0 Å². The minimum absolute atomic E-state index is 0.0152. The number of carbonyl (C=O) groups is 1. The summed E-state index contributed by atoms with van der Waals surface area (Å²) in [6, 6.07) is 1.65. The fourth-order valence-corrected chi connectivity index (χ4v) is 2.13. The fraction of sp³-hybridized carbons (Fsp3) is 0.400. The maximum absolute atomic E-state index is 11.7. The summed E-state index contributed by atoms with van der Waals surface area (Å²) in [4.78, 5) is 17.3. The molecule has 4 nitrogen and oxygen atoms in total. The lowest BCUT2D eigenvalue weighted by molar-refractivity contribution is -0.117. The highest BCUT2D eigenvalue weighted by atomic mass is 35.5. The molecule has 2 heterocycles. The first-order valence-electron chi connectivity index (χ1n) is 4.93. The third kappa shape index (κ3) is 2.14. The van der Waals surface area contributed by atoms with Gasteiger partial charge in [-0.05, 0) is 18.5 Å². The molecule has 2 rings (SSSR count). The van der Waals surface area contributed by atoms with Gasteiger partial charge in [0.1, 0.15) is 0 Å². The Labute approximate surface area is 103 Å². The zero-order valence-corrected chi connectivity index (χ0v) is 10.0. The second-order valence-corrected chi connectivity index (χ2v) is 4.57. The molecule has 6 heteroatoms. The average molecular weight is 260 g/mol. The van der Waals surface area contributed by atoms with Crippen LogP contribution >= 0.6 is 23.2 Å². The predicted molar refractivity (Wildman–Crippen MR) is 63.8 cm³/mol. The highest BCUT2D eigenvalue weighted by Gasteiger charge is 2.31. The number of hydrogen-bond donors (Lipinski definition) is 1. The first-order valence-corrected chi connectivity index (χ1v) is 5.69. The van der Waals surface area contributed by atoms with Crippen molar-refractivity contribution in [2.45, 2.75) is 6.42 Å². The fourth-order valence-electron chi connectivity index (χ4n) is 1.77. The first kappa shape index (κ1) is 11.6. The summed E-state index contributed by atoms with van der Waals surface area (Å²) < 4.78 is 0. The molecule has 1 unspecified atom stereocenters. The third-order valence-electron chi connectivity index (χ3n) is 2.62. The van der Waals surface area contributed by atoms with E-state index in [1.165, 1.54) is 6.20 Å². The molecule has 0 radical (unpaired) electrons. The van der Waals surface area contributed by atoms with Crippen molar-refractivity contribution in [3.63, 3.8) is 0 Å². The number of pyridine rings is 1. The molecule has 1 aliphatic heterocycles. The van der Waals surface area contributed by atoms with Crippen molar-refractivity contribution in [1.82, 2.24) is 4.98 Å². The van der Waals surface area contributed by atoms with Gasteiger partial charge in [-0.3, -0.25) is 4.79 Å². The topological polar surface area (TPSA) is 59.2 Å². The van der Waals surface area contributed by atoms with Crippen LogP contribution in [0.2, 0.25) is 10.2 Å². The van der Waals surface area contributed by atoms with Gasteiger partial charge in [0.2, 0.25) is 5.91 Å². The van der Waals surface area contributed by atoms with Gasteiger partial charge in [0.15, 0.2) is 5.15 Å². The number of halogens is 2. The number of nitrogens with two attached hydrogens (primary N) is 1. The molecule has 1 aliphatic rings. The van der Waals surface area contributed by atoms with Crippen molar-refractivity contribution < 1.29 is 4.79 Å².